The summed E-state index contributed by atoms with van der Waals surface area (Å²) in [7, 11) is 0. The molecule has 0 saturated carbocycles. The van der Waals surface area contributed by atoms with Crippen molar-refractivity contribution in [2.24, 2.45) is 0 Å². The zero-order valence-corrected chi connectivity index (χ0v) is 13.8. The van der Waals surface area contributed by atoms with Crippen molar-refractivity contribution < 1.29 is 14.6 Å². The van der Waals surface area contributed by atoms with E-state index in [1.807, 2.05) is 0 Å². The highest BCUT2D eigenvalue weighted by Gasteiger charge is 2.16. The van der Waals surface area contributed by atoms with Gasteiger partial charge in [0.1, 0.15) is 0 Å². The molecule has 1 aliphatic rings. The number of aliphatic hydroxyl groups is 1. The van der Waals surface area contributed by atoms with Crippen LogP contribution in [0.25, 0.3) is 0 Å². The number of halogens is 2. The predicted octanol–water partition coefficient (Wildman–Crippen LogP) is 1.68. The smallest absolute Gasteiger partial charge is 0.234 e. The highest BCUT2D eigenvalue weighted by Crippen LogP contribution is 2.21. The Balaban J connectivity index is 0.00000242. The van der Waals surface area contributed by atoms with E-state index < -0.39 is 6.10 Å². The molecule has 1 aromatic carbocycles. The van der Waals surface area contributed by atoms with E-state index in [-0.39, 0.29) is 37.5 Å². The monoisotopic (exact) mass is 348 g/mol. The Bertz CT molecular complexity index is 468. The first kappa shape index (κ1) is 19.2. The van der Waals surface area contributed by atoms with E-state index >= 15 is 0 Å². The highest BCUT2D eigenvalue weighted by molar-refractivity contribution is 6.31. The molecule has 124 valence electrons. The van der Waals surface area contributed by atoms with Crippen LogP contribution in [0.4, 0.5) is 0 Å². The van der Waals surface area contributed by atoms with Crippen molar-refractivity contribution in [1.82, 2.24) is 10.6 Å². The van der Waals surface area contributed by atoms with Gasteiger partial charge in [-0.05, 0) is 18.9 Å². The van der Waals surface area contributed by atoms with E-state index in [0.29, 0.717) is 17.1 Å². The van der Waals surface area contributed by atoms with E-state index in [4.69, 9.17) is 16.3 Å². The summed E-state index contributed by atoms with van der Waals surface area (Å²) in [6, 6.07) is 7.06. The minimum Gasteiger partial charge on any atom is -0.387 e. The first-order chi connectivity index (χ1) is 10.2. The van der Waals surface area contributed by atoms with Crippen molar-refractivity contribution in [2.75, 3.05) is 26.2 Å². The van der Waals surface area contributed by atoms with Crippen LogP contribution in [0.5, 0.6) is 0 Å². The fourth-order valence-electron chi connectivity index (χ4n) is 2.28. The zero-order chi connectivity index (χ0) is 15.1. The molecule has 1 fully saturated rings. The van der Waals surface area contributed by atoms with E-state index in [0.717, 1.165) is 19.4 Å². The lowest BCUT2D eigenvalue weighted by molar-refractivity contribution is -0.120. The van der Waals surface area contributed by atoms with Crippen LogP contribution in [0.15, 0.2) is 24.3 Å². The Hall–Kier alpha value is -0.850. The van der Waals surface area contributed by atoms with Crippen LogP contribution in [-0.4, -0.2) is 43.4 Å². The van der Waals surface area contributed by atoms with Crippen LogP contribution in [0.3, 0.4) is 0 Å². The lowest BCUT2D eigenvalue weighted by Crippen LogP contribution is -2.38. The molecule has 1 amide bonds. The molecule has 1 saturated heterocycles. The fraction of sp³-hybridized carbons (Fsp3) is 0.533. The maximum absolute atomic E-state index is 11.7. The molecule has 1 heterocycles. The normalized spacial score (nSPS) is 18.5. The number of carbonyl (C=O) groups is 1. The van der Waals surface area contributed by atoms with Gasteiger partial charge in [0.2, 0.25) is 5.91 Å². The van der Waals surface area contributed by atoms with Crippen molar-refractivity contribution in [2.45, 2.75) is 25.0 Å². The Labute approximate surface area is 141 Å². The summed E-state index contributed by atoms with van der Waals surface area (Å²) in [5.74, 6) is -0.154. The lowest BCUT2D eigenvalue weighted by Gasteiger charge is -2.14. The summed E-state index contributed by atoms with van der Waals surface area (Å²) in [5.41, 5.74) is 0.617. The molecule has 1 aliphatic heterocycles. The molecule has 1 aromatic rings. The predicted molar refractivity (Wildman–Crippen MR) is 88.5 cm³/mol. The van der Waals surface area contributed by atoms with Crippen molar-refractivity contribution in [3.8, 4) is 0 Å². The first-order valence-corrected chi connectivity index (χ1v) is 7.56. The number of rotatable bonds is 7. The van der Waals surface area contributed by atoms with Crippen LogP contribution in [0, 0.1) is 0 Å². The number of ether oxygens (including phenoxy) is 1. The summed E-state index contributed by atoms with van der Waals surface area (Å²) >= 11 is 5.99. The van der Waals surface area contributed by atoms with Gasteiger partial charge in [-0.1, -0.05) is 29.8 Å². The zero-order valence-electron chi connectivity index (χ0n) is 12.3. The number of benzene rings is 1. The van der Waals surface area contributed by atoms with Gasteiger partial charge in [0.15, 0.2) is 0 Å². The molecule has 3 N–H and O–H groups in total. The largest absolute Gasteiger partial charge is 0.387 e. The molecular formula is C15H22Cl2N2O3. The summed E-state index contributed by atoms with van der Waals surface area (Å²) in [6.45, 7) is 1.85. The van der Waals surface area contributed by atoms with Gasteiger partial charge in [-0.3, -0.25) is 4.79 Å². The molecule has 0 aliphatic carbocycles. The third-order valence-corrected chi connectivity index (χ3v) is 3.78. The second kappa shape index (κ2) is 10.0. The standard InChI is InChI=1S/C15H21ClN2O3.ClH/c16-13-6-2-1-5-12(13)14(19)9-18-15(20)10-17-8-11-4-3-7-21-11;/h1-2,5-6,11,14,17,19H,3-4,7-10H2,(H,18,20);1H. The average molecular weight is 349 g/mol. The molecule has 0 radical (unpaired) electrons. The quantitative estimate of drug-likeness (QED) is 0.701. The molecule has 2 unspecified atom stereocenters. The summed E-state index contributed by atoms with van der Waals surface area (Å²) in [4.78, 5) is 11.7. The van der Waals surface area contributed by atoms with Gasteiger partial charge in [0, 0.05) is 30.3 Å². The third kappa shape index (κ3) is 6.10. The van der Waals surface area contributed by atoms with Gasteiger partial charge in [-0.15, -0.1) is 12.4 Å². The number of hydrogen-bond donors (Lipinski definition) is 3. The molecule has 0 bridgehead atoms. The van der Waals surface area contributed by atoms with E-state index in [2.05, 4.69) is 10.6 Å². The molecule has 2 rings (SSSR count). The number of aliphatic hydroxyl groups excluding tert-OH is 1. The summed E-state index contributed by atoms with van der Waals surface area (Å²) < 4.78 is 5.46. The van der Waals surface area contributed by atoms with Gasteiger partial charge in [-0.25, -0.2) is 0 Å². The van der Waals surface area contributed by atoms with Crippen LogP contribution >= 0.6 is 24.0 Å². The minimum absolute atomic E-state index is 0. The lowest BCUT2D eigenvalue weighted by atomic mass is 10.1. The van der Waals surface area contributed by atoms with Crippen molar-refractivity contribution >= 4 is 29.9 Å². The van der Waals surface area contributed by atoms with Gasteiger partial charge >= 0.3 is 0 Å². The van der Waals surface area contributed by atoms with E-state index in [1.165, 1.54) is 0 Å². The molecule has 22 heavy (non-hydrogen) atoms. The maximum Gasteiger partial charge on any atom is 0.234 e. The molecule has 0 aromatic heterocycles. The maximum atomic E-state index is 11.7. The van der Waals surface area contributed by atoms with Crippen molar-refractivity contribution in [3.63, 3.8) is 0 Å². The van der Waals surface area contributed by atoms with Crippen molar-refractivity contribution in [1.29, 1.82) is 0 Å². The second-order valence-corrected chi connectivity index (χ2v) is 5.51. The number of nitrogens with one attached hydrogen (secondary N) is 2. The van der Waals surface area contributed by atoms with Crippen molar-refractivity contribution in [3.05, 3.63) is 34.9 Å². The average Bonchev–Trinajstić information content (AvgIpc) is 2.98. The SMILES string of the molecule is Cl.O=C(CNCC1CCCO1)NCC(O)c1ccccc1Cl. The first-order valence-electron chi connectivity index (χ1n) is 7.18. The van der Waals surface area contributed by atoms with E-state index in [1.54, 1.807) is 24.3 Å². The Morgan fingerprint density at radius 2 is 2.23 bits per heavy atom. The second-order valence-electron chi connectivity index (χ2n) is 5.11. The fourth-order valence-corrected chi connectivity index (χ4v) is 2.54. The molecule has 5 nitrogen and oxygen atoms in total. The Kier molecular flexibility index (Phi) is 8.75. The molecule has 0 spiro atoms. The summed E-state index contributed by atoms with van der Waals surface area (Å²) in [6.07, 6.45) is 1.54. The molecular weight excluding hydrogens is 327 g/mol. The highest BCUT2D eigenvalue weighted by atomic mass is 35.5. The number of amides is 1. The van der Waals surface area contributed by atoms with Crippen LogP contribution in [0.1, 0.15) is 24.5 Å². The Morgan fingerprint density at radius 1 is 1.45 bits per heavy atom. The van der Waals surface area contributed by atoms with Crippen LogP contribution in [-0.2, 0) is 9.53 Å². The van der Waals surface area contributed by atoms with Crippen LogP contribution < -0.4 is 10.6 Å². The van der Waals surface area contributed by atoms with Crippen LogP contribution in [0.2, 0.25) is 5.02 Å². The summed E-state index contributed by atoms with van der Waals surface area (Å²) in [5, 5.41) is 16.2. The Morgan fingerprint density at radius 3 is 2.91 bits per heavy atom. The van der Waals surface area contributed by atoms with Gasteiger partial charge in [0.25, 0.3) is 0 Å². The number of carbonyl (C=O) groups excluding carboxylic acids is 1. The minimum atomic E-state index is -0.805. The third-order valence-electron chi connectivity index (χ3n) is 3.44. The van der Waals surface area contributed by atoms with Gasteiger partial charge in [-0.2, -0.15) is 0 Å². The topological polar surface area (TPSA) is 70.6 Å². The van der Waals surface area contributed by atoms with Gasteiger partial charge in [0.05, 0.1) is 18.8 Å². The van der Waals surface area contributed by atoms with Gasteiger partial charge < -0.3 is 20.5 Å². The van der Waals surface area contributed by atoms with E-state index in [9.17, 15) is 9.90 Å². The molecule has 7 heteroatoms. The number of hydrogen-bond acceptors (Lipinski definition) is 4. The molecule has 2 atom stereocenters.